The summed E-state index contributed by atoms with van der Waals surface area (Å²) in [4.78, 5) is 29.9. The lowest BCUT2D eigenvalue weighted by atomic mass is 10.2. The molecule has 27 heavy (non-hydrogen) atoms. The lowest BCUT2D eigenvalue weighted by molar-refractivity contribution is 0.0505. The Morgan fingerprint density at radius 2 is 2.11 bits per heavy atom. The highest BCUT2D eigenvalue weighted by Crippen LogP contribution is 2.22. The molecule has 1 amide bonds. The standard InChI is InChI=1S/C18H20ClN5O3/c1-10(22-17(26)27-18(2,3)4)15-23-13-7-5-6-12(19)14(13)16(25)24(15)11-8-20-21-9-11/h5-10H,1-4H3,(H,20,21)(H,22,26)/t10-/m0/s1. The van der Waals surface area contributed by atoms with Crippen molar-refractivity contribution in [1.29, 1.82) is 0 Å². The molecule has 0 aliphatic carbocycles. The van der Waals surface area contributed by atoms with Crippen molar-refractivity contribution in [3.8, 4) is 5.69 Å². The number of rotatable bonds is 3. The molecule has 1 atom stereocenters. The minimum absolute atomic E-state index is 0.300. The van der Waals surface area contributed by atoms with E-state index >= 15 is 0 Å². The highest BCUT2D eigenvalue weighted by Gasteiger charge is 2.23. The van der Waals surface area contributed by atoms with Crippen LogP contribution in [0, 0.1) is 0 Å². The number of benzene rings is 1. The van der Waals surface area contributed by atoms with Gasteiger partial charge in [0.1, 0.15) is 11.4 Å². The molecule has 0 aliphatic rings. The van der Waals surface area contributed by atoms with Crippen LogP contribution in [-0.2, 0) is 4.74 Å². The lowest BCUT2D eigenvalue weighted by Crippen LogP contribution is -2.36. The van der Waals surface area contributed by atoms with E-state index < -0.39 is 17.7 Å². The van der Waals surface area contributed by atoms with Crippen LogP contribution in [0.3, 0.4) is 0 Å². The normalized spacial score (nSPS) is 12.8. The van der Waals surface area contributed by atoms with Gasteiger partial charge in [0.05, 0.1) is 33.9 Å². The molecular weight excluding hydrogens is 370 g/mol. The number of carbonyl (C=O) groups excluding carboxylic acids is 1. The average molecular weight is 390 g/mol. The zero-order valence-corrected chi connectivity index (χ0v) is 16.2. The summed E-state index contributed by atoms with van der Waals surface area (Å²) in [7, 11) is 0. The number of hydrogen-bond donors (Lipinski definition) is 2. The second-order valence-corrected chi connectivity index (χ2v) is 7.48. The van der Waals surface area contributed by atoms with Crippen LogP contribution >= 0.6 is 11.6 Å². The number of ether oxygens (including phenoxy) is 1. The van der Waals surface area contributed by atoms with Crippen LogP contribution in [0.15, 0.2) is 35.4 Å². The summed E-state index contributed by atoms with van der Waals surface area (Å²) in [6.45, 7) is 7.04. The Hall–Kier alpha value is -2.87. The number of alkyl carbamates (subject to hydrolysis) is 1. The molecule has 3 aromatic rings. The molecule has 0 saturated carbocycles. The zero-order chi connectivity index (χ0) is 19.8. The van der Waals surface area contributed by atoms with Gasteiger partial charge in [-0.15, -0.1) is 0 Å². The molecule has 0 fully saturated rings. The maximum Gasteiger partial charge on any atom is 0.408 e. The quantitative estimate of drug-likeness (QED) is 0.715. The number of H-pyrrole nitrogens is 1. The smallest absolute Gasteiger partial charge is 0.408 e. The number of nitrogens with one attached hydrogen (secondary N) is 2. The van der Waals surface area contributed by atoms with E-state index in [1.54, 1.807) is 52.1 Å². The Morgan fingerprint density at radius 3 is 2.74 bits per heavy atom. The van der Waals surface area contributed by atoms with Crippen molar-refractivity contribution >= 4 is 28.6 Å². The first-order valence-electron chi connectivity index (χ1n) is 8.37. The Kier molecular flexibility index (Phi) is 4.93. The molecule has 0 spiro atoms. The Balaban J connectivity index is 2.13. The number of fused-ring (bicyclic) bond motifs is 1. The number of amides is 1. The number of aromatic amines is 1. The SMILES string of the molecule is C[C@H](NC(=O)OC(C)(C)C)c1nc2cccc(Cl)c2c(=O)n1-c1cn[nH]c1. The molecule has 2 heterocycles. The van der Waals surface area contributed by atoms with Crippen LogP contribution in [0.4, 0.5) is 4.79 Å². The Bertz CT molecular complexity index is 1040. The fraction of sp³-hybridized carbons (Fsp3) is 0.333. The third-order valence-corrected chi connectivity index (χ3v) is 4.05. The van der Waals surface area contributed by atoms with Gasteiger partial charge >= 0.3 is 6.09 Å². The Labute approximate surface area is 160 Å². The summed E-state index contributed by atoms with van der Waals surface area (Å²) in [5.74, 6) is 0.335. The number of carbonyl (C=O) groups is 1. The van der Waals surface area contributed by atoms with Crippen LogP contribution in [0.25, 0.3) is 16.6 Å². The van der Waals surface area contributed by atoms with Gasteiger partial charge in [0, 0.05) is 6.20 Å². The van der Waals surface area contributed by atoms with Crippen LogP contribution < -0.4 is 10.9 Å². The first-order valence-corrected chi connectivity index (χ1v) is 8.75. The summed E-state index contributed by atoms with van der Waals surface area (Å²) < 4.78 is 6.67. The lowest BCUT2D eigenvalue weighted by Gasteiger charge is -2.23. The van der Waals surface area contributed by atoms with Gasteiger partial charge in [-0.25, -0.2) is 9.78 Å². The van der Waals surface area contributed by atoms with Crippen LogP contribution in [0.1, 0.15) is 39.6 Å². The molecule has 1 aromatic carbocycles. The molecule has 0 unspecified atom stereocenters. The second-order valence-electron chi connectivity index (χ2n) is 7.07. The number of nitrogens with zero attached hydrogens (tertiary/aromatic N) is 3. The maximum atomic E-state index is 13.1. The second kappa shape index (κ2) is 7.03. The first kappa shape index (κ1) is 18.9. The van der Waals surface area contributed by atoms with Gasteiger partial charge in [0.2, 0.25) is 0 Å². The molecule has 2 aromatic heterocycles. The van der Waals surface area contributed by atoms with Gasteiger partial charge in [-0.05, 0) is 39.8 Å². The van der Waals surface area contributed by atoms with Gasteiger partial charge in [0.25, 0.3) is 5.56 Å². The van der Waals surface area contributed by atoms with Crippen LogP contribution in [0.5, 0.6) is 0 Å². The van der Waals surface area contributed by atoms with Gasteiger partial charge in [-0.2, -0.15) is 5.10 Å². The molecule has 3 rings (SSSR count). The fourth-order valence-corrected chi connectivity index (χ4v) is 2.91. The topological polar surface area (TPSA) is 102 Å². The van der Waals surface area contributed by atoms with Crippen molar-refractivity contribution in [2.75, 3.05) is 0 Å². The summed E-state index contributed by atoms with van der Waals surface area (Å²) in [5.41, 5.74) is -0.0552. The van der Waals surface area contributed by atoms with Gasteiger partial charge in [0.15, 0.2) is 0 Å². The molecular formula is C18H20ClN5O3. The van der Waals surface area contributed by atoms with Crippen LogP contribution in [0.2, 0.25) is 5.02 Å². The molecule has 0 saturated heterocycles. The number of hydrogen-bond acceptors (Lipinski definition) is 5. The average Bonchev–Trinajstić information content (AvgIpc) is 3.06. The summed E-state index contributed by atoms with van der Waals surface area (Å²) in [5, 5.41) is 9.89. The molecule has 0 aliphatic heterocycles. The van der Waals surface area contributed by atoms with Gasteiger partial charge in [-0.3, -0.25) is 14.5 Å². The summed E-state index contributed by atoms with van der Waals surface area (Å²) in [6, 6.07) is 4.45. The van der Waals surface area contributed by atoms with Crippen molar-refractivity contribution < 1.29 is 9.53 Å². The van der Waals surface area contributed by atoms with E-state index in [0.29, 0.717) is 27.4 Å². The summed E-state index contributed by atoms with van der Waals surface area (Å²) in [6.07, 6.45) is 2.46. The predicted octanol–water partition coefficient (Wildman–Crippen LogP) is 3.35. The third-order valence-electron chi connectivity index (χ3n) is 3.74. The maximum absolute atomic E-state index is 13.1. The molecule has 0 radical (unpaired) electrons. The molecule has 2 N–H and O–H groups in total. The highest BCUT2D eigenvalue weighted by molar-refractivity contribution is 6.35. The van der Waals surface area contributed by atoms with Gasteiger partial charge < -0.3 is 10.1 Å². The monoisotopic (exact) mass is 389 g/mol. The summed E-state index contributed by atoms with van der Waals surface area (Å²) >= 11 is 6.22. The van der Waals surface area contributed by atoms with E-state index in [0.717, 1.165) is 0 Å². The molecule has 9 heteroatoms. The first-order chi connectivity index (χ1) is 12.7. The van der Waals surface area contributed by atoms with Crippen molar-refractivity contribution in [2.24, 2.45) is 0 Å². The van der Waals surface area contributed by atoms with Crippen molar-refractivity contribution in [2.45, 2.75) is 39.3 Å². The van der Waals surface area contributed by atoms with Crippen molar-refractivity contribution in [1.82, 2.24) is 25.1 Å². The van der Waals surface area contributed by atoms with E-state index in [-0.39, 0.29) is 5.56 Å². The third kappa shape index (κ3) is 3.95. The Morgan fingerprint density at radius 1 is 1.37 bits per heavy atom. The van der Waals surface area contributed by atoms with E-state index in [4.69, 9.17) is 16.3 Å². The van der Waals surface area contributed by atoms with E-state index in [2.05, 4.69) is 20.5 Å². The van der Waals surface area contributed by atoms with E-state index in [9.17, 15) is 9.59 Å². The number of halogens is 1. The largest absolute Gasteiger partial charge is 0.444 e. The number of aromatic nitrogens is 4. The predicted molar refractivity (Wildman–Crippen MR) is 102 cm³/mol. The zero-order valence-electron chi connectivity index (χ0n) is 15.4. The van der Waals surface area contributed by atoms with Crippen molar-refractivity contribution in [3.63, 3.8) is 0 Å². The van der Waals surface area contributed by atoms with E-state index in [1.807, 2.05) is 0 Å². The molecule has 8 nitrogen and oxygen atoms in total. The molecule has 0 bridgehead atoms. The van der Waals surface area contributed by atoms with Crippen LogP contribution in [-0.4, -0.2) is 31.4 Å². The highest BCUT2D eigenvalue weighted by atomic mass is 35.5. The fourth-order valence-electron chi connectivity index (χ4n) is 2.66. The van der Waals surface area contributed by atoms with E-state index in [1.165, 1.54) is 10.8 Å². The minimum Gasteiger partial charge on any atom is -0.444 e. The minimum atomic E-state index is -0.641. The van der Waals surface area contributed by atoms with Gasteiger partial charge in [-0.1, -0.05) is 17.7 Å². The molecule has 142 valence electrons. The van der Waals surface area contributed by atoms with Crippen molar-refractivity contribution in [3.05, 3.63) is 51.8 Å².